The van der Waals surface area contributed by atoms with Crippen molar-refractivity contribution in [2.45, 2.75) is 6.92 Å². The van der Waals surface area contributed by atoms with E-state index >= 15 is 0 Å². The van der Waals surface area contributed by atoms with Crippen molar-refractivity contribution in [2.24, 2.45) is 0 Å². The maximum absolute atomic E-state index is 6.73. The lowest BCUT2D eigenvalue weighted by Gasteiger charge is -1.91. The van der Waals surface area contributed by atoms with Crippen molar-refractivity contribution in [1.82, 2.24) is 14.6 Å². The second kappa shape index (κ2) is 2.31. The van der Waals surface area contributed by atoms with Gasteiger partial charge in [0.2, 0.25) is 0 Å². The minimum Gasteiger partial charge on any atom is -0.393 e. The van der Waals surface area contributed by atoms with Crippen LogP contribution in [0.4, 0.5) is 5.95 Å². The van der Waals surface area contributed by atoms with Gasteiger partial charge < -0.3 is 4.85 Å². The summed E-state index contributed by atoms with van der Waals surface area (Å²) in [6, 6.07) is 3.86. The van der Waals surface area contributed by atoms with E-state index in [0.717, 1.165) is 11.2 Å². The highest BCUT2D eigenvalue weighted by atomic mass is 15.3. The molecule has 0 aliphatic carbocycles. The number of aromatic nitrogens is 3. The first-order chi connectivity index (χ1) is 5.81. The van der Waals surface area contributed by atoms with Gasteiger partial charge in [-0.05, 0) is 19.1 Å². The summed E-state index contributed by atoms with van der Waals surface area (Å²) < 4.78 is 1.71. The predicted molar refractivity (Wildman–Crippen MR) is 44.0 cm³/mol. The summed E-state index contributed by atoms with van der Waals surface area (Å²) in [5, 5.41) is 4.00. The largest absolute Gasteiger partial charge is 0.393 e. The van der Waals surface area contributed by atoms with E-state index in [9.17, 15) is 0 Å². The summed E-state index contributed by atoms with van der Waals surface area (Å²) in [6.45, 7) is 8.67. The van der Waals surface area contributed by atoms with Crippen molar-refractivity contribution in [3.8, 4) is 0 Å². The molecule has 58 valence electrons. The molecule has 2 aromatic rings. The summed E-state index contributed by atoms with van der Waals surface area (Å²) in [5.41, 5.74) is 1.93. The van der Waals surface area contributed by atoms with Gasteiger partial charge in [0.15, 0.2) is 0 Å². The van der Waals surface area contributed by atoms with Crippen LogP contribution in [0.5, 0.6) is 0 Å². The molecule has 0 radical (unpaired) electrons. The third-order valence-electron chi connectivity index (χ3n) is 1.68. The van der Waals surface area contributed by atoms with Gasteiger partial charge >= 0.3 is 5.95 Å². The lowest BCUT2D eigenvalue weighted by atomic mass is 10.5. The van der Waals surface area contributed by atoms with Crippen molar-refractivity contribution < 1.29 is 0 Å². The fourth-order valence-corrected chi connectivity index (χ4v) is 1.08. The fourth-order valence-electron chi connectivity index (χ4n) is 1.08. The second-order valence-corrected chi connectivity index (χ2v) is 2.48. The average Bonchev–Trinajstić information content (AvgIpc) is 2.47. The van der Waals surface area contributed by atoms with Crippen LogP contribution >= 0.6 is 0 Å². The van der Waals surface area contributed by atoms with Crippen molar-refractivity contribution in [3.05, 3.63) is 35.4 Å². The number of rotatable bonds is 0. The molecular formula is C8H6N4. The summed E-state index contributed by atoms with van der Waals surface area (Å²) in [7, 11) is 0. The smallest absolute Gasteiger partial charge is 0.392 e. The van der Waals surface area contributed by atoms with Crippen LogP contribution in [-0.2, 0) is 0 Å². The standard InChI is InChI=1S/C8H6N4/c1-6-3-4-7-5-10-8(9-2)11-12(6)7/h3-5H,1H3. The number of nitrogens with zero attached hydrogens (tertiary/aromatic N) is 4. The van der Waals surface area contributed by atoms with E-state index in [1.807, 2.05) is 19.1 Å². The summed E-state index contributed by atoms with van der Waals surface area (Å²) >= 11 is 0. The molecule has 12 heavy (non-hydrogen) atoms. The quantitative estimate of drug-likeness (QED) is 0.545. The van der Waals surface area contributed by atoms with Gasteiger partial charge in [-0.2, -0.15) is 9.50 Å². The molecule has 0 saturated carbocycles. The van der Waals surface area contributed by atoms with Crippen LogP contribution in [0.1, 0.15) is 5.69 Å². The highest BCUT2D eigenvalue weighted by molar-refractivity contribution is 5.47. The lowest BCUT2D eigenvalue weighted by Crippen LogP contribution is -1.93. The minimum absolute atomic E-state index is 0.182. The normalized spacial score (nSPS) is 10.0. The lowest BCUT2D eigenvalue weighted by molar-refractivity contribution is 0.889. The Bertz CT molecular complexity index is 463. The molecule has 0 fully saturated rings. The fraction of sp³-hybridized carbons (Fsp3) is 0.125. The number of aryl methyl sites for hydroxylation is 1. The highest BCUT2D eigenvalue weighted by Gasteiger charge is 2.02. The first-order valence-corrected chi connectivity index (χ1v) is 3.50. The molecule has 0 aliphatic heterocycles. The molecule has 2 aromatic heterocycles. The summed E-state index contributed by atoms with van der Waals surface area (Å²) in [5.74, 6) is 0.182. The molecular weight excluding hydrogens is 152 g/mol. The molecule has 0 N–H and O–H groups in total. The zero-order chi connectivity index (χ0) is 8.55. The Kier molecular flexibility index (Phi) is 1.31. The van der Waals surface area contributed by atoms with Crippen molar-refractivity contribution in [3.63, 3.8) is 0 Å². The number of fused-ring (bicyclic) bond motifs is 1. The molecule has 0 aromatic carbocycles. The van der Waals surface area contributed by atoms with Crippen LogP contribution in [0.15, 0.2) is 18.3 Å². The van der Waals surface area contributed by atoms with Gasteiger partial charge in [-0.3, -0.25) is 0 Å². The monoisotopic (exact) mass is 158 g/mol. The zero-order valence-corrected chi connectivity index (χ0v) is 6.52. The Morgan fingerprint density at radius 1 is 1.50 bits per heavy atom. The molecule has 0 spiro atoms. The Morgan fingerprint density at radius 2 is 2.33 bits per heavy atom. The van der Waals surface area contributed by atoms with E-state index in [2.05, 4.69) is 14.9 Å². The van der Waals surface area contributed by atoms with E-state index in [-0.39, 0.29) is 5.95 Å². The van der Waals surface area contributed by atoms with E-state index in [0.29, 0.717) is 0 Å². The topological polar surface area (TPSA) is 34.5 Å². The molecule has 4 heteroatoms. The molecule has 0 saturated heterocycles. The maximum Gasteiger partial charge on any atom is 0.392 e. The van der Waals surface area contributed by atoms with Crippen LogP contribution in [-0.4, -0.2) is 14.6 Å². The molecule has 0 unspecified atom stereocenters. The molecule has 0 bridgehead atoms. The van der Waals surface area contributed by atoms with Gasteiger partial charge in [0.1, 0.15) is 11.7 Å². The van der Waals surface area contributed by atoms with E-state index in [1.165, 1.54) is 0 Å². The predicted octanol–water partition coefficient (Wildman–Crippen LogP) is 1.59. The van der Waals surface area contributed by atoms with Crippen molar-refractivity contribution >= 4 is 11.5 Å². The van der Waals surface area contributed by atoms with Gasteiger partial charge in [0.25, 0.3) is 0 Å². The first-order valence-electron chi connectivity index (χ1n) is 3.50. The van der Waals surface area contributed by atoms with Crippen LogP contribution in [0, 0.1) is 13.5 Å². The highest BCUT2D eigenvalue weighted by Crippen LogP contribution is 2.09. The summed E-state index contributed by atoms with van der Waals surface area (Å²) in [6.07, 6.45) is 1.65. The molecule has 4 nitrogen and oxygen atoms in total. The number of hydrogen-bond acceptors (Lipinski definition) is 2. The molecule has 2 rings (SSSR count). The molecule has 0 amide bonds. The first kappa shape index (κ1) is 6.80. The molecule has 2 heterocycles. The average molecular weight is 158 g/mol. The van der Waals surface area contributed by atoms with Crippen LogP contribution < -0.4 is 0 Å². The van der Waals surface area contributed by atoms with Crippen molar-refractivity contribution in [1.29, 1.82) is 0 Å². The Labute approximate surface area is 69.3 Å². The molecule has 0 aliphatic rings. The molecule has 0 atom stereocenters. The van der Waals surface area contributed by atoms with Gasteiger partial charge in [-0.25, -0.2) is 0 Å². The van der Waals surface area contributed by atoms with Gasteiger partial charge in [-0.15, -0.1) is 6.57 Å². The SMILES string of the molecule is [C-]#[N+]c1ncc2ccc(C)n2n1. The number of hydrogen-bond donors (Lipinski definition) is 0. The van der Waals surface area contributed by atoms with Crippen LogP contribution in [0.2, 0.25) is 0 Å². The Balaban J connectivity index is 2.82. The third kappa shape index (κ3) is 0.839. The second-order valence-electron chi connectivity index (χ2n) is 2.48. The van der Waals surface area contributed by atoms with E-state index in [4.69, 9.17) is 6.57 Å². The van der Waals surface area contributed by atoms with Gasteiger partial charge in [0.05, 0.1) is 5.69 Å². The van der Waals surface area contributed by atoms with Crippen LogP contribution in [0.3, 0.4) is 0 Å². The van der Waals surface area contributed by atoms with Crippen molar-refractivity contribution in [2.75, 3.05) is 0 Å². The van der Waals surface area contributed by atoms with E-state index in [1.54, 1.807) is 10.7 Å². The Hall–Kier alpha value is -1.89. The van der Waals surface area contributed by atoms with E-state index < -0.39 is 0 Å². The maximum atomic E-state index is 6.73. The van der Waals surface area contributed by atoms with Gasteiger partial charge in [0, 0.05) is 0 Å². The van der Waals surface area contributed by atoms with Gasteiger partial charge in [-0.1, -0.05) is 5.10 Å². The third-order valence-corrected chi connectivity index (χ3v) is 1.68. The summed E-state index contributed by atoms with van der Waals surface area (Å²) in [4.78, 5) is 7.00. The minimum atomic E-state index is 0.182. The zero-order valence-electron chi connectivity index (χ0n) is 6.52. The van der Waals surface area contributed by atoms with Crippen LogP contribution in [0.25, 0.3) is 10.4 Å². The Morgan fingerprint density at radius 3 is 3.08 bits per heavy atom.